The summed E-state index contributed by atoms with van der Waals surface area (Å²) in [6, 6.07) is 4.40. The lowest BCUT2D eigenvalue weighted by atomic mass is 9.91. The van der Waals surface area contributed by atoms with Crippen LogP contribution in [0.4, 0.5) is 13.2 Å². The van der Waals surface area contributed by atoms with Crippen LogP contribution in [0.15, 0.2) is 36.4 Å². The average Bonchev–Trinajstić information content (AvgIpc) is 3.05. The monoisotopic (exact) mass is 372 g/mol. The molecule has 0 spiro atoms. The number of ether oxygens (including phenoxy) is 2. The summed E-state index contributed by atoms with van der Waals surface area (Å²) >= 11 is 0. The molecule has 1 aromatic rings. The predicted octanol–water partition coefficient (Wildman–Crippen LogP) is 2.31. The summed E-state index contributed by atoms with van der Waals surface area (Å²) in [6.07, 6.45) is -2.85. The van der Waals surface area contributed by atoms with Crippen molar-refractivity contribution in [3.05, 3.63) is 42.0 Å². The molecule has 1 aliphatic heterocycles. The maximum absolute atomic E-state index is 12.7. The fourth-order valence-electron chi connectivity index (χ4n) is 3.44. The number of esters is 1. The normalized spacial score (nSPS) is 29.7. The molecule has 0 amide bonds. The number of alkyl halides is 3. The van der Waals surface area contributed by atoms with E-state index < -0.39 is 23.9 Å². The van der Waals surface area contributed by atoms with Crippen LogP contribution in [-0.4, -0.2) is 41.1 Å². The fourth-order valence-corrected chi connectivity index (χ4v) is 3.44. The van der Waals surface area contributed by atoms with E-state index in [1.165, 1.54) is 18.2 Å². The Morgan fingerprint density at radius 3 is 2.88 bits per heavy atom. The quantitative estimate of drug-likeness (QED) is 0.613. The van der Waals surface area contributed by atoms with Crippen molar-refractivity contribution in [3.8, 4) is 5.75 Å². The molecule has 5 nitrogen and oxygen atoms in total. The molecule has 1 aromatic carbocycles. The van der Waals surface area contributed by atoms with Gasteiger partial charge in [0.05, 0.1) is 18.1 Å². The van der Waals surface area contributed by atoms with Crippen molar-refractivity contribution in [1.82, 2.24) is 0 Å². The number of aliphatic hydroxyl groups is 2. The van der Waals surface area contributed by atoms with E-state index in [1.54, 1.807) is 6.08 Å². The molecular formula is C18H19F3O5. The summed E-state index contributed by atoms with van der Waals surface area (Å²) in [5.74, 6) is -0.721. The van der Waals surface area contributed by atoms with E-state index in [9.17, 15) is 28.2 Å². The van der Waals surface area contributed by atoms with Crippen LogP contribution in [0, 0.1) is 11.8 Å². The van der Waals surface area contributed by atoms with Crippen LogP contribution >= 0.6 is 0 Å². The van der Waals surface area contributed by atoms with Crippen molar-refractivity contribution in [1.29, 1.82) is 0 Å². The van der Waals surface area contributed by atoms with Gasteiger partial charge in [-0.05, 0) is 18.2 Å². The minimum atomic E-state index is -4.46. The maximum atomic E-state index is 12.7. The molecular weight excluding hydrogens is 353 g/mol. The molecule has 2 aliphatic rings. The van der Waals surface area contributed by atoms with E-state index >= 15 is 0 Å². The highest BCUT2D eigenvalue weighted by atomic mass is 19.4. The highest BCUT2D eigenvalue weighted by molar-refractivity contribution is 5.72. The number of rotatable bonds is 5. The summed E-state index contributed by atoms with van der Waals surface area (Å²) in [5, 5.41) is 20.0. The van der Waals surface area contributed by atoms with Crippen LogP contribution in [0.2, 0.25) is 0 Å². The molecule has 1 saturated heterocycles. The third-order valence-corrected chi connectivity index (χ3v) is 4.71. The number of hydrogen-bond acceptors (Lipinski definition) is 5. The Bertz CT molecular complexity index is 688. The third kappa shape index (κ3) is 4.19. The highest BCUT2D eigenvalue weighted by Gasteiger charge is 2.48. The number of carbonyl (C=O) groups is 1. The minimum Gasteiger partial charge on any atom is -0.491 e. The molecule has 0 aromatic heterocycles. The summed E-state index contributed by atoms with van der Waals surface area (Å²) in [5.41, 5.74) is -0.828. The molecule has 26 heavy (non-hydrogen) atoms. The van der Waals surface area contributed by atoms with Crippen molar-refractivity contribution in [2.45, 2.75) is 37.3 Å². The van der Waals surface area contributed by atoms with Gasteiger partial charge in [0.1, 0.15) is 24.6 Å². The lowest BCUT2D eigenvalue weighted by Crippen LogP contribution is -2.20. The zero-order valence-corrected chi connectivity index (χ0v) is 13.7. The molecule has 0 bridgehead atoms. The van der Waals surface area contributed by atoms with Gasteiger partial charge >= 0.3 is 12.1 Å². The molecule has 1 saturated carbocycles. The van der Waals surface area contributed by atoms with Gasteiger partial charge in [0.15, 0.2) is 0 Å². The van der Waals surface area contributed by atoms with Crippen LogP contribution in [0.5, 0.6) is 5.75 Å². The number of halogens is 3. The molecule has 2 fully saturated rings. The van der Waals surface area contributed by atoms with Crippen LogP contribution in [0.1, 0.15) is 18.4 Å². The SMILES string of the molecule is O=C1C[C@@H]2[C@@H](/C=C/[C@H](O)COc3cccc(C(F)(F)F)c3)[C@H](O)C[C@@H]2O1. The Morgan fingerprint density at radius 1 is 1.38 bits per heavy atom. The highest BCUT2D eigenvalue weighted by Crippen LogP contribution is 2.42. The number of fused-ring (bicyclic) bond motifs is 1. The maximum Gasteiger partial charge on any atom is 0.416 e. The lowest BCUT2D eigenvalue weighted by Gasteiger charge is -2.16. The second kappa shape index (κ2) is 7.28. The molecule has 1 aliphatic carbocycles. The molecule has 0 unspecified atom stereocenters. The molecule has 8 heteroatoms. The molecule has 5 atom stereocenters. The first-order valence-corrected chi connectivity index (χ1v) is 8.28. The van der Waals surface area contributed by atoms with Gasteiger partial charge in [0.25, 0.3) is 0 Å². The molecule has 3 rings (SSSR count). The van der Waals surface area contributed by atoms with Crippen molar-refractivity contribution in [2.24, 2.45) is 11.8 Å². The largest absolute Gasteiger partial charge is 0.491 e. The van der Waals surface area contributed by atoms with Gasteiger partial charge in [0.2, 0.25) is 0 Å². The lowest BCUT2D eigenvalue weighted by molar-refractivity contribution is -0.142. The number of hydrogen-bond donors (Lipinski definition) is 2. The Morgan fingerprint density at radius 2 is 2.15 bits per heavy atom. The van der Waals surface area contributed by atoms with Gasteiger partial charge in [-0.15, -0.1) is 0 Å². The second-order valence-electron chi connectivity index (χ2n) is 6.57. The Kier molecular flexibility index (Phi) is 5.24. The Labute approximate surface area is 148 Å². The van der Waals surface area contributed by atoms with E-state index in [-0.39, 0.29) is 42.7 Å². The minimum absolute atomic E-state index is 0.00281. The Hall–Kier alpha value is -2.06. The van der Waals surface area contributed by atoms with Gasteiger partial charge in [0, 0.05) is 18.3 Å². The zero-order chi connectivity index (χ0) is 18.9. The van der Waals surface area contributed by atoms with Crippen molar-refractivity contribution in [3.63, 3.8) is 0 Å². The topological polar surface area (TPSA) is 76.0 Å². The van der Waals surface area contributed by atoms with Gasteiger partial charge in [-0.3, -0.25) is 4.79 Å². The van der Waals surface area contributed by atoms with Crippen molar-refractivity contribution < 1.29 is 37.7 Å². The number of carbonyl (C=O) groups excluding carboxylic acids is 1. The first kappa shape index (κ1) is 18.7. The second-order valence-corrected chi connectivity index (χ2v) is 6.57. The Balaban J connectivity index is 1.55. The smallest absolute Gasteiger partial charge is 0.416 e. The van der Waals surface area contributed by atoms with E-state index in [0.29, 0.717) is 6.42 Å². The number of benzene rings is 1. The standard InChI is InChI=1S/C18H19F3O5/c19-18(20,21)10-2-1-3-12(6-10)25-9-11(22)4-5-13-14-7-17(24)26-16(14)8-15(13)23/h1-6,11,13-16,22-23H,7-9H2/b5-4+/t11-,13+,14+,15+,16-/m0/s1. The average molecular weight is 372 g/mol. The van der Waals surface area contributed by atoms with E-state index in [4.69, 9.17) is 9.47 Å². The molecule has 0 radical (unpaired) electrons. The van der Waals surface area contributed by atoms with Gasteiger partial charge in [-0.2, -0.15) is 13.2 Å². The van der Waals surface area contributed by atoms with Gasteiger partial charge < -0.3 is 19.7 Å². The first-order chi connectivity index (χ1) is 12.2. The van der Waals surface area contributed by atoms with E-state index in [2.05, 4.69) is 0 Å². The summed E-state index contributed by atoms with van der Waals surface area (Å²) in [4.78, 5) is 11.3. The van der Waals surface area contributed by atoms with E-state index in [1.807, 2.05) is 0 Å². The van der Waals surface area contributed by atoms with Gasteiger partial charge in [-0.1, -0.05) is 18.2 Å². The molecule has 2 N–H and O–H groups in total. The van der Waals surface area contributed by atoms with Crippen LogP contribution < -0.4 is 4.74 Å². The fraction of sp³-hybridized carbons (Fsp3) is 0.500. The first-order valence-electron chi connectivity index (χ1n) is 8.28. The molecule has 1 heterocycles. The van der Waals surface area contributed by atoms with Crippen molar-refractivity contribution in [2.75, 3.05) is 6.61 Å². The number of aliphatic hydroxyl groups excluding tert-OH is 2. The van der Waals surface area contributed by atoms with Gasteiger partial charge in [-0.25, -0.2) is 0 Å². The van der Waals surface area contributed by atoms with Crippen LogP contribution in [0.25, 0.3) is 0 Å². The van der Waals surface area contributed by atoms with Crippen LogP contribution in [-0.2, 0) is 15.7 Å². The summed E-state index contributed by atoms with van der Waals surface area (Å²) in [6.45, 7) is -0.232. The predicted molar refractivity (Wildman–Crippen MR) is 84.2 cm³/mol. The summed E-state index contributed by atoms with van der Waals surface area (Å²) in [7, 11) is 0. The van der Waals surface area contributed by atoms with E-state index in [0.717, 1.165) is 12.1 Å². The zero-order valence-electron chi connectivity index (χ0n) is 13.7. The summed E-state index contributed by atoms with van der Waals surface area (Å²) < 4.78 is 48.3. The van der Waals surface area contributed by atoms with Crippen LogP contribution in [0.3, 0.4) is 0 Å². The molecule has 142 valence electrons. The third-order valence-electron chi connectivity index (χ3n) is 4.71. The van der Waals surface area contributed by atoms with Crippen molar-refractivity contribution >= 4 is 5.97 Å².